The first-order valence-corrected chi connectivity index (χ1v) is 6.94. The van der Waals surface area contributed by atoms with Gasteiger partial charge in [0.1, 0.15) is 0 Å². The van der Waals surface area contributed by atoms with Gasteiger partial charge in [0.05, 0.1) is 12.1 Å². The van der Waals surface area contributed by atoms with E-state index in [0.29, 0.717) is 18.6 Å². The number of nitrogens with one attached hydrogen (secondary N) is 1. The zero-order valence-corrected chi connectivity index (χ0v) is 11.0. The van der Waals surface area contributed by atoms with E-state index in [9.17, 15) is 4.79 Å². The fraction of sp³-hybridized carbons (Fsp3) is 0.500. The Bertz CT molecular complexity index is 463. The Balaban J connectivity index is 1.79. The summed E-state index contributed by atoms with van der Waals surface area (Å²) in [5.74, 6) is 0. The number of rotatable bonds is 2. The lowest BCUT2D eigenvalue weighted by Crippen LogP contribution is -2.38. The molecule has 0 spiro atoms. The maximum atomic E-state index is 12.0. The molecule has 3 rings (SSSR count). The van der Waals surface area contributed by atoms with Crippen molar-refractivity contribution in [2.45, 2.75) is 44.3 Å². The fourth-order valence-electron chi connectivity index (χ4n) is 3.04. The van der Waals surface area contributed by atoms with Crippen molar-refractivity contribution in [2.75, 3.05) is 0 Å². The first-order chi connectivity index (χ1) is 8.75. The molecule has 0 aromatic heterocycles. The highest BCUT2D eigenvalue weighted by atomic mass is 35.5. The number of carbonyl (C=O) groups excluding carboxylic acids is 1. The summed E-state index contributed by atoms with van der Waals surface area (Å²) in [6.07, 6.45) is 4.65. The topological polar surface area (TPSA) is 32.3 Å². The number of nitrogens with zero attached hydrogens (tertiary/aromatic N) is 1. The third-order valence-electron chi connectivity index (χ3n) is 4.00. The maximum Gasteiger partial charge on any atom is 0.318 e. The average molecular weight is 265 g/mol. The molecule has 18 heavy (non-hydrogen) atoms. The number of fused-ring (bicyclic) bond motifs is 1. The van der Waals surface area contributed by atoms with Gasteiger partial charge in [-0.1, -0.05) is 42.6 Å². The van der Waals surface area contributed by atoms with E-state index < -0.39 is 0 Å². The van der Waals surface area contributed by atoms with Crippen molar-refractivity contribution in [1.82, 2.24) is 10.2 Å². The van der Waals surface area contributed by atoms with E-state index in [1.165, 1.54) is 12.8 Å². The van der Waals surface area contributed by atoms with Crippen LogP contribution in [0, 0.1) is 0 Å². The van der Waals surface area contributed by atoms with Crippen molar-refractivity contribution in [3.63, 3.8) is 0 Å². The number of benzene rings is 1. The van der Waals surface area contributed by atoms with Crippen molar-refractivity contribution in [3.8, 4) is 0 Å². The van der Waals surface area contributed by atoms with E-state index >= 15 is 0 Å². The predicted molar refractivity (Wildman–Crippen MR) is 71.6 cm³/mol. The second kappa shape index (κ2) is 4.81. The van der Waals surface area contributed by atoms with Crippen LogP contribution in [-0.2, 0) is 6.54 Å². The van der Waals surface area contributed by atoms with Gasteiger partial charge in [-0.2, -0.15) is 0 Å². The largest absolute Gasteiger partial charge is 0.333 e. The van der Waals surface area contributed by atoms with Crippen molar-refractivity contribution in [1.29, 1.82) is 0 Å². The van der Waals surface area contributed by atoms with Gasteiger partial charge in [0, 0.05) is 11.6 Å². The summed E-state index contributed by atoms with van der Waals surface area (Å²) >= 11 is 6.17. The standard InChI is InChI=1S/C14H17ClN2O/c15-11-6-2-1-5-10(11)9-17-13-8-4-3-7-12(13)16-14(17)18/h1-2,5-6,12-13H,3-4,7-9H2,(H,16,18)/t12?,13-/m1/s1. The molecule has 2 fully saturated rings. The van der Waals surface area contributed by atoms with Gasteiger partial charge in [0.25, 0.3) is 0 Å². The van der Waals surface area contributed by atoms with E-state index in [2.05, 4.69) is 5.32 Å². The number of urea groups is 1. The van der Waals surface area contributed by atoms with Crippen LogP contribution in [0.4, 0.5) is 4.79 Å². The number of hydrogen-bond donors (Lipinski definition) is 1. The van der Waals surface area contributed by atoms with Crippen molar-refractivity contribution >= 4 is 17.6 Å². The summed E-state index contributed by atoms with van der Waals surface area (Å²) in [6.45, 7) is 0.618. The molecule has 1 heterocycles. The van der Waals surface area contributed by atoms with Gasteiger partial charge >= 0.3 is 6.03 Å². The molecule has 2 amide bonds. The molecular formula is C14H17ClN2O. The Labute approximate surface area is 112 Å². The van der Waals surface area contributed by atoms with E-state index in [4.69, 9.17) is 11.6 Å². The Morgan fingerprint density at radius 1 is 1.28 bits per heavy atom. The van der Waals surface area contributed by atoms with Gasteiger partial charge in [0.2, 0.25) is 0 Å². The van der Waals surface area contributed by atoms with Crippen LogP contribution in [0.2, 0.25) is 5.02 Å². The first-order valence-electron chi connectivity index (χ1n) is 6.56. The third kappa shape index (κ3) is 2.07. The zero-order chi connectivity index (χ0) is 12.5. The summed E-state index contributed by atoms with van der Waals surface area (Å²) in [5.41, 5.74) is 1.03. The monoisotopic (exact) mass is 264 g/mol. The highest BCUT2D eigenvalue weighted by Gasteiger charge is 2.40. The second-order valence-corrected chi connectivity index (χ2v) is 5.53. The van der Waals surface area contributed by atoms with Crippen LogP contribution in [0.3, 0.4) is 0 Å². The van der Waals surface area contributed by atoms with E-state index in [-0.39, 0.29) is 6.03 Å². The van der Waals surface area contributed by atoms with E-state index in [0.717, 1.165) is 23.4 Å². The minimum atomic E-state index is 0.0619. The first kappa shape index (κ1) is 11.8. The minimum Gasteiger partial charge on any atom is -0.333 e. The van der Waals surface area contributed by atoms with Crippen molar-refractivity contribution < 1.29 is 4.79 Å². The highest BCUT2D eigenvalue weighted by molar-refractivity contribution is 6.31. The molecule has 1 N–H and O–H groups in total. The molecule has 1 aliphatic carbocycles. The molecule has 2 aliphatic rings. The number of hydrogen-bond acceptors (Lipinski definition) is 1. The van der Waals surface area contributed by atoms with Gasteiger partial charge in [-0.25, -0.2) is 4.79 Å². The number of halogens is 1. The van der Waals surface area contributed by atoms with Crippen LogP contribution in [0.15, 0.2) is 24.3 Å². The minimum absolute atomic E-state index is 0.0619. The maximum absolute atomic E-state index is 12.0. The summed E-state index contributed by atoms with van der Waals surface area (Å²) in [4.78, 5) is 14.0. The smallest absolute Gasteiger partial charge is 0.318 e. The molecule has 1 saturated carbocycles. The Morgan fingerprint density at radius 3 is 2.89 bits per heavy atom. The van der Waals surface area contributed by atoms with Crippen LogP contribution >= 0.6 is 11.6 Å². The Morgan fingerprint density at radius 2 is 2.06 bits per heavy atom. The van der Waals surface area contributed by atoms with Crippen LogP contribution in [0.5, 0.6) is 0 Å². The van der Waals surface area contributed by atoms with Crippen molar-refractivity contribution in [3.05, 3.63) is 34.9 Å². The molecular weight excluding hydrogens is 248 g/mol. The molecule has 0 bridgehead atoms. The summed E-state index contributed by atoms with van der Waals surface area (Å²) in [7, 11) is 0. The lowest BCUT2D eigenvalue weighted by molar-refractivity contribution is 0.186. The fourth-order valence-corrected chi connectivity index (χ4v) is 3.24. The van der Waals surface area contributed by atoms with Crippen LogP contribution in [0.25, 0.3) is 0 Å². The van der Waals surface area contributed by atoms with Crippen molar-refractivity contribution in [2.24, 2.45) is 0 Å². The lowest BCUT2D eigenvalue weighted by Gasteiger charge is -2.30. The molecule has 3 nitrogen and oxygen atoms in total. The Hall–Kier alpha value is -1.22. The normalized spacial score (nSPS) is 26.9. The van der Waals surface area contributed by atoms with Gasteiger partial charge in [-0.3, -0.25) is 0 Å². The average Bonchev–Trinajstić information content (AvgIpc) is 2.69. The third-order valence-corrected chi connectivity index (χ3v) is 4.37. The molecule has 1 unspecified atom stereocenters. The molecule has 96 valence electrons. The number of amides is 2. The summed E-state index contributed by atoms with van der Waals surface area (Å²) < 4.78 is 0. The van der Waals surface area contributed by atoms with Gasteiger partial charge < -0.3 is 10.2 Å². The molecule has 0 radical (unpaired) electrons. The van der Waals surface area contributed by atoms with Gasteiger partial charge in [0.15, 0.2) is 0 Å². The lowest BCUT2D eigenvalue weighted by atomic mass is 9.91. The predicted octanol–water partition coefficient (Wildman–Crippen LogP) is 3.18. The molecule has 4 heteroatoms. The highest BCUT2D eigenvalue weighted by Crippen LogP contribution is 2.30. The SMILES string of the molecule is O=C1NC2CCCC[C@H]2N1Cc1ccccc1Cl. The van der Waals surface area contributed by atoms with Gasteiger partial charge in [-0.05, 0) is 24.5 Å². The molecule has 1 aromatic carbocycles. The van der Waals surface area contributed by atoms with Crippen LogP contribution in [0.1, 0.15) is 31.2 Å². The molecule has 1 aliphatic heterocycles. The summed E-state index contributed by atoms with van der Waals surface area (Å²) in [6, 6.07) is 8.50. The number of carbonyl (C=O) groups is 1. The van der Waals surface area contributed by atoms with E-state index in [1.54, 1.807) is 0 Å². The molecule has 1 saturated heterocycles. The summed E-state index contributed by atoms with van der Waals surface area (Å²) in [5, 5.41) is 3.83. The zero-order valence-electron chi connectivity index (χ0n) is 10.2. The second-order valence-electron chi connectivity index (χ2n) is 5.13. The Kier molecular flexibility index (Phi) is 3.16. The van der Waals surface area contributed by atoms with E-state index in [1.807, 2.05) is 29.2 Å². The molecule has 1 aromatic rings. The molecule has 2 atom stereocenters. The van der Waals surface area contributed by atoms with Crippen LogP contribution < -0.4 is 5.32 Å². The van der Waals surface area contributed by atoms with Crippen LogP contribution in [-0.4, -0.2) is 23.0 Å². The van der Waals surface area contributed by atoms with Gasteiger partial charge in [-0.15, -0.1) is 0 Å². The quantitative estimate of drug-likeness (QED) is 0.874.